The fraction of sp³-hybridized carbons (Fsp3) is 0.176. The summed E-state index contributed by atoms with van der Waals surface area (Å²) >= 11 is 0.896. The molecule has 142 valence electrons. The maximum Gasteiger partial charge on any atom is 0.317 e. The Morgan fingerprint density at radius 1 is 1.26 bits per heavy atom. The van der Waals surface area contributed by atoms with Gasteiger partial charge in [-0.1, -0.05) is 12.1 Å². The van der Waals surface area contributed by atoms with Gasteiger partial charge in [-0.3, -0.25) is 19.7 Å². The molecule has 0 aliphatic carbocycles. The molecule has 0 fully saturated rings. The number of amides is 1. The van der Waals surface area contributed by atoms with Gasteiger partial charge in [-0.05, 0) is 25.1 Å². The van der Waals surface area contributed by atoms with Gasteiger partial charge in [-0.2, -0.15) is 0 Å². The predicted molar refractivity (Wildman–Crippen MR) is 94.4 cm³/mol. The smallest absolute Gasteiger partial charge is 0.317 e. The van der Waals surface area contributed by atoms with Gasteiger partial charge in [0.1, 0.15) is 11.6 Å². The van der Waals surface area contributed by atoms with E-state index in [1.54, 1.807) is 6.07 Å². The highest BCUT2D eigenvalue weighted by atomic mass is 32.2. The summed E-state index contributed by atoms with van der Waals surface area (Å²) in [4.78, 5) is 34.5. The summed E-state index contributed by atoms with van der Waals surface area (Å²) in [6.45, 7) is 1.28. The topological polar surface area (TPSA) is 98.5 Å². The number of hydrogen-bond donors (Lipinski definition) is 1. The van der Waals surface area contributed by atoms with E-state index in [0.29, 0.717) is 6.07 Å². The first kappa shape index (κ1) is 20.3. The normalized spacial score (nSPS) is 11.5. The second kappa shape index (κ2) is 9.08. The van der Waals surface area contributed by atoms with Crippen molar-refractivity contribution in [3.05, 3.63) is 64.2 Å². The number of halogens is 2. The van der Waals surface area contributed by atoms with Crippen molar-refractivity contribution in [2.75, 3.05) is 11.1 Å². The van der Waals surface area contributed by atoms with Crippen LogP contribution in [0.15, 0.2) is 47.4 Å². The number of para-hydroxylation sites is 1. The number of nitrogens with one attached hydrogen (secondary N) is 1. The second-order valence-corrected chi connectivity index (χ2v) is 6.28. The molecule has 0 radical (unpaired) electrons. The summed E-state index contributed by atoms with van der Waals surface area (Å²) in [7, 11) is 0. The average molecular weight is 396 g/mol. The van der Waals surface area contributed by atoms with Crippen molar-refractivity contribution in [1.82, 2.24) is 0 Å². The molecule has 2 aromatic rings. The minimum Gasteiger partial charge on any atom is -0.452 e. The Labute approximate surface area is 156 Å². The Kier molecular flexibility index (Phi) is 6.83. The fourth-order valence-corrected chi connectivity index (χ4v) is 2.78. The quantitative estimate of drug-likeness (QED) is 0.333. The van der Waals surface area contributed by atoms with Crippen molar-refractivity contribution < 1.29 is 28.0 Å². The maximum atomic E-state index is 13.5. The molecule has 0 bridgehead atoms. The predicted octanol–water partition coefficient (Wildman–Crippen LogP) is 3.54. The largest absolute Gasteiger partial charge is 0.452 e. The van der Waals surface area contributed by atoms with Gasteiger partial charge in [-0.15, -0.1) is 11.8 Å². The van der Waals surface area contributed by atoms with Gasteiger partial charge in [0.05, 0.1) is 21.3 Å². The third kappa shape index (κ3) is 5.74. The van der Waals surface area contributed by atoms with Crippen LogP contribution in [0.25, 0.3) is 0 Å². The maximum absolute atomic E-state index is 13.5. The van der Waals surface area contributed by atoms with E-state index in [9.17, 15) is 28.5 Å². The zero-order valence-electron chi connectivity index (χ0n) is 14.0. The van der Waals surface area contributed by atoms with E-state index in [0.717, 1.165) is 23.9 Å². The SMILES string of the molecule is C[C@@H](OC(=O)CSc1ccccc1[N+](=O)[O-])C(=O)Nc1ccc(F)cc1F. The minimum absolute atomic E-state index is 0.145. The van der Waals surface area contributed by atoms with E-state index < -0.39 is 34.5 Å². The third-order valence-electron chi connectivity index (χ3n) is 3.27. The lowest BCUT2D eigenvalue weighted by atomic mass is 10.2. The van der Waals surface area contributed by atoms with Crippen molar-refractivity contribution in [1.29, 1.82) is 0 Å². The number of nitro groups is 1. The highest BCUT2D eigenvalue weighted by molar-refractivity contribution is 8.00. The van der Waals surface area contributed by atoms with Crippen molar-refractivity contribution in [2.45, 2.75) is 17.9 Å². The van der Waals surface area contributed by atoms with Gasteiger partial charge in [-0.25, -0.2) is 8.78 Å². The summed E-state index contributed by atoms with van der Waals surface area (Å²) in [5.41, 5.74) is -0.397. The van der Waals surface area contributed by atoms with Crippen LogP contribution in [-0.4, -0.2) is 28.7 Å². The Bertz CT molecular complexity index is 878. The molecule has 0 aliphatic rings. The number of benzene rings is 2. The van der Waals surface area contributed by atoms with Gasteiger partial charge < -0.3 is 10.1 Å². The molecule has 27 heavy (non-hydrogen) atoms. The molecule has 0 spiro atoms. The molecular weight excluding hydrogens is 382 g/mol. The number of esters is 1. The molecule has 1 N–H and O–H groups in total. The molecule has 0 aliphatic heterocycles. The van der Waals surface area contributed by atoms with Crippen LogP contribution in [-0.2, 0) is 14.3 Å². The first-order valence-corrected chi connectivity index (χ1v) is 8.58. The molecule has 0 heterocycles. The molecule has 1 atom stereocenters. The van der Waals surface area contributed by atoms with Crippen LogP contribution in [0.2, 0.25) is 0 Å². The van der Waals surface area contributed by atoms with Gasteiger partial charge in [0.2, 0.25) is 0 Å². The third-order valence-corrected chi connectivity index (χ3v) is 4.31. The van der Waals surface area contributed by atoms with E-state index >= 15 is 0 Å². The molecular formula is C17H14F2N2O5S. The monoisotopic (exact) mass is 396 g/mol. The number of anilines is 1. The summed E-state index contributed by atoms with van der Waals surface area (Å²) in [5.74, 6) is -3.59. The molecule has 0 saturated carbocycles. The van der Waals surface area contributed by atoms with Crippen LogP contribution < -0.4 is 5.32 Å². The lowest BCUT2D eigenvalue weighted by Gasteiger charge is -2.14. The molecule has 2 aromatic carbocycles. The molecule has 2 rings (SSSR count). The van der Waals surface area contributed by atoms with Crippen LogP contribution in [0, 0.1) is 21.7 Å². The van der Waals surface area contributed by atoms with Crippen LogP contribution in [0.1, 0.15) is 6.92 Å². The molecule has 0 saturated heterocycles. The zero-order valence-corrected chi connectivity index (χ0v) is 14.8. The standard InChI is InChI=1S/C17H14F2N2O5S/c1-10(17(23)20-13-7-6-11(18)8-12(13)19)26-16(22)9-27-15-5-3-2-4-14(15)21(24)25/h2-8,10H,9H2,1H3,(H,20,23)/t10-/m1/s1. The highest BCUT2D eigenvalue weighted by Gasteiger charge is 2.20. The zero-order chi connectivity index (χ0) is 20.0. The van der Waals surface area contributed by atoms with Crippen LogP contribution in [0.5, 0.6) is 0 Å². The van der Waals surface area contributed by atoms with Gasteiger partial charge in [0.25, 0.3) is 11.6 Å². The summed E-state index contributed by atoms with van der Waals surface area (Å²) < 4.78 is 31.3. The Hall–Kier alpha value is -3.01. The average Bonchev–Trinajstić information content (AvgIpc) is 2.62. The highest BCUT2D eigenvalue weighted by Crippen LogP contribution is 2.28. The Morgan fingerprint density at radius 3 is 2.63 bits per heavy atom. The van der Waals surface area contributed by atoms with Gasteiger partial charge in [0.15, 0.2) is 6.10 Å². The minimum atomic E-state index is -1.24. The first-order valence-electron chi connectivity index (χ1n) is 7.59. The number of rotatable bonds is 7. The Morgan fingerprint density at radius 2 is 1.96 bits per heavy atom. The van der Waals surface area contributed by atoms with E-state index in [1.807, 2.05) is 0 Å². The van der Waals surface area contributed by atoms with E-state index in [2.05, 4.69) is 5.32 Å². The number of ether oxygens (including phenoxy) is 1. The van der Waals surface area contributed by atoms with Gasteiger partial charge in [0, 0.05) is 12.1 Å². The first-order chi connectivity index (χ1) is 12.8. The fourth-order valence-electron chi connectivity index (χ4n) is 1.98. The van der Waals surface area contributed by atoms with Crippen LogP contribution in [0.3, 0.4) is 0 Å². The lowest BCUT2D eigenvalue weighted by Crippen LogP contribution is -2.30. The molecule has 10 heteroatoms. The van der Waals surface area contributed by atoms with E-state index in [-0.39, 0.29) is 22.0 Å². The number of nitrogens with zero attached hydrogens (tertiary/aromatic N) is 1. The second-order valence-electron chi connectivity index (χ2n) is 5.26. The molecule has 0 unspecified atom stereocenters. The van der Waals surface area contributed by atoms with Crippen molar-refractivity contribution in [3.8, 4) is 0 Å². The Balaban J connectivity index is 1.89. The van der Waals surface area contributed by atoms with E-state index in [1.165, 1.54) is 25.1 Å². The summed E-state index contributed by atoms with van der Waals surface area (Å²) in [5, 5.41) is 13.1. The van der Waals surface area contributed by atoms with Crippen molar-refractivity contribution >= 4 is 35.0 Å². The molecule has 0 aromatic heterocycles. The number of carbonyl (C=O) groups excluding carboxylic acids is 2. The van der Waals surface area contributed by atoms with E-state index in [4.69, 9.17) is 4.74 Å². The number of nitro benzene ring substituents is 1. The number of thioether (sulfide) groups is 1. The van der Waals surface area contributed by atoms with Crippen LogP contribution >= 0.6 is 11.8 Å². The van der Waals surface area contributed by atoms with Crippen molar-refractivity contribution in [3.63, 3.8) is 0 Å². The number of hydrogen-bond acceptors (Lipinski definition) is 6. The summed E-state index contributed by atoms with van der Waals surface area (Å²) in [6.07, 6.45) is -1.24. The molecule has 7 nitrogen and oxygen atoms in total. The van der Waals surface area contributed by atoms with Crippen molar-refractivity contribution in [2.24, 2.45) is 0 Å². The van der Waals surface area contributed by atoms with Gasteiger partial charge >= 0.3 is 5.97 Å². The lowest BCUT2D eigenvalue weighted by molar-refractivity contribution is -0.387. The number of carbonyl (C=O) groups is 2. The van der Waals surface area contributed by atoms with Crippen LogP contribution in [0.4, 0.5) is 20.2 Å². The molecule has 1 amide bonds. The summed E-state index contributed by atoms with van der Waals surface area (Å²) in [6, 6.07) is 8.51.